The van der Waals surface area contributed by atoms with Crippen molar-refractivity contribution in [2.24, 2.45) is 0 Å². The van der Waals surface area contributed by atoms with Gasteiger partial charge < -0.3 is 9.47 Å². The van der Waals surface area contributed by atoms with Crippen LogP contribution < -0.4 is 4.90 Å². The largest absolute Gasteiger partial charge is 0.443 e. The van der Waals surface area contributed by atoms with E-state index in [9.17, 15) is 14.0 Å². The van der Waals surface area contributed by atoms with E-state index in [4.69, 9.17) is 9.47 Å². The second kappa shape index (κ2) is 11.5. The Morgan fingerprint density at radius 3 is 2.18 bits per heavy atom. The predicted octanol–water partition coefficient (Wildman–Crippen LogP) is 6.47. The minimum atomic E-state index is -0.962. The lowest BCUT2D eigenvalue weighted by atomic mass is 10.1. The number of pyridine rings is 1. The molecule has 1 aromatic carbocycles. The van der Waals surface area contributed by atoms with Crippen LogP contribution in [0.5, 0.6) is 0 Å². The molecule has 228 valence electrons. The van der Waals surface area contributed by atoms with Crippen LogP contribution in [0.3, 0.4) is 0 Å². The van der Waals surface area contributed by atoms with Gasteiger partial charge in [0, 0.05) is 29.1 Å². The van der Waals surface area contributed by atoms with Gasteiger partial charge in [-0.15, -0.1) is 10.00 Å². The van der Waals surface area contributed by atoms with E-state index in [-0.39, 0.29) is 17.8 Å². The minimum Gasteiger partial charge on any atom is -0.443 e. The van der Waals surface area contributed by atoms with Crippen molar-refractivity contribution >= 4 is 23.8 Å². The van der Waals surface area contributed by atoms with Crippen LogP contribution in [0.25, 0.3) is 28.0 Å². The summed E-state index contributed by atoms with van der Waals surface area (Å²) in [6.07, 6.45) is 4.98. The van der Waals surface area contributed by atoms with Gasteiger partial charge in [0.25, 0.3) is 5.95 Å². The zero-order valence-corrected chi connectivity index (χ0v) is 25.5. The van der Waals surface area contributed by atoms with Gasteiger partial charge in [0.2, 0.25) is 0 Å². The fourth-order valence-electron chi connectivity index (χ4n) is 4.24. The fraction of sp³-hybridized carbons (Fsp3) is 0.323. The third kappa shape index (κ3) is 6.88. The summed E-state index contributed by atoms with van der Waals surface area (Å²) in [4.78, 5) is 31.2. The maximum atomic E-state index is 13.4. The number of hydrogen-bond donors (Lipinski definition) is 0. The average Bonchev–Trinajstić information content (AvgIpc) is 3.58. The summed E-state index contributed by atoms with van der Waals surface area (Å²) in [6.45, 7) is 12.1. The zero-order chi connectivity index (χ0) is 31.8. The summed E-state index contributed by atoms with van der Waals surface area (Å²) in [5, 5.41) is 17.3. The molecule has 0 radical (unpaired) electrons. The van der Waals surface area contributed by atoms with Crippen LogP contribution in [-0.2, 0) is 9.47 Å². The number of benzene rings is 1. The summed E-state index contributed by atoms with van der Waals surface area (Å²) in [6, 6.07) is 11.6. The van der Waals surface area contributed by atoms with Crippen molar-refractivity contribution in [3.8, 4) is 22.4 Å². The number of halogens is 1. The molecule has 2 amide bonds. The molecule has 0 aliphatic heterocycles. The van der Waals surface area contributed by atoms with Gasteiger partial charge in [0.15, 0.2) is 5.65 Å². The molecular formula is C31H33FN8O4. The van der Waals surface area contributed by atoms with E-state index in [1.807, 2.05) is 19.2 Å². The highest BCUT2D eigenvalue weighted by atomic mass is 19.1. The zero-order valence-electron chi connectivity index (χ0n) is 25.5. The monoisotopic (exact) mass is 600 g/mol. The number of aromatic nitrogens is 7. The molecule has 4 heterocycles. The number of amides is 2. The van der Waals surface area contributed by atoms with Crippen LogP contribution in [0.2, 0.25) is 0 Å². The number of imide groups is 1. The molecule has 0 N–H and O–H groups in total. The summed E-state index contributed by atoms with van der Waals surface area (Å²) in [7, 11) is 0. The van der Waals surface area contributed by atoms with Crippen molar-refractivity contribution < 1.29 is 23.5 Å². The quantitative estimate of drug-likeness (QED) is 0.223. The molecule has 1 atom stereocenters. The lowest BCUT2D eigenvalue weighted by molar-refractivity contribution is 0.0427. The molecule has 1 unspecified atom stereocenters. The normalized spacial score (nSPS) is 12.6. The minimum absolute atomic E-state index is 0.107. The van der Waals surface area contributed by atoms with E-state index in [1.165, 1.54) is 16.6 Å². The Morgan fingerprint density at radius 1 is 0.886 bits per heavy atom. The van der Waals surface area contributed by atoms with Crippen molar-refractivity contribution in [3.63, 3.8) is 0 Å². The number of rotatable bonds is 5. The van der Waals surface area contributed by atoms with E-state index in [0.717, 1.165) is 16.7 Å². The highest BCUT2D eigenvalue weighted by Crippen LogP contribution is 2.27. The van der Waals surface area contributed by atoms with Crippen LogP contribution in [-0.4, -0.2) is 58.0 Å². The van der Waals surface area contributed by atoms with E-state index in [2.05, 4.69) is 25.4 Å². The third-order valence-electron chi connectivity index (χ3n) is 6.31. The Kier molecular flexibility index (Phi) is 7.89. The molecule has 0 saturated heterocycles. The lowest BCUT2D eigenvalue weighted by Gasteiger charge is -2.26. The molecular weight excluding hydrogens is 567 g/mol. The SMILES string of the molecule is CC(c1ccc(F)cc1)n1cc(-c2cnnc(-c3ccn4nc(N(C(=O)OC(C)(C)C)C(=O)OC(C)(C)C)nc4c3)c2)cn1. The number of ether oxygens (including phenoxy) is 2. The molecule has 5 aromatic rings. The third-order valence-corrected chi connectivity index (χ3v) is 6.31. The first-order valence-electron chi connectivity index (χ1n) is 13.9. The first kappa shape index (κ1) is 30.3. The molecule has 0 bridgehead atoms. The molecule has 13 heteroatoms. The fourth-order valence-corrected chi connectivity index (χ4v) is 4.24. The van der Waals surface area contributed by atoms with Gasteiger partial charge in [0.05, 0.1) is 24.1 Å². The van der Waals surface area contributed by atoms with Crippen LogP contribution in [0, 0.1) is 5.82 Å². The van der Waals surface area contributed by atoms with E-state index >= 15 is 0 Å². The van der Waals surface area contributed by atoms with Crippen LogP contribution in [0.1, 0.15) is 60.1 Å². The van der Waals surface area contributed by atoms with Gasteiger partial charge in [-0.1, -0.05) is 12.1 Å². The summed E-state index contributed by atoms with van der Waals surface area (Å²) in [5.41, 5.74) is 2.38. The second-order valence-corrected chi connectivity index (χ2v) is 12.2. The summed E-state index contributed by atoms with van der Waals surface area (Å²) < 4.78 is 27.5. The number of hydrogen-bond acceptors (Lipinski definition) is 9. The first-order chi connectivity index (χ1) is 20.7. The second-order valence-electron chi connectivity index (χ2n) is 12.2. The molecule has 0 fully saturated rings. The average molecular weight is 601 g/mol. The highest BCUT2D eigenvalue weighted by molar-refractivity contribution is 6.08. The number of anilines is 1. The van der Waals surface area contributed by atoms with Crippen molar-refractivity contribution in [1.82, 2.24) is 34.6 Å². The van der Waals surface area contributed by atoms with Crippen molar-refractivity contribution in [2.45, 2.75) is 65.7 Å². The summed E-state index contributed by atoms with van der Waals surface area (Å²) >= 11 is 0. The van der Waals surface area contributed by atoms with Crippen molar-refractivity contribution in [2.75, 3.05) is 4.90 Å². The molecule has 0 spiro atoms. The Labute approximate surface area is 253 Å². The van der Waals surface area contributed by atoms with Gasteiger partial charge in [-0.25, -0.2) is 18.5 Å². The topological polar surface area (TPSA) is 130 Å². The maximum Gasteiger partial charge on any atom is 0.427 e. The van der Waals surface area contributed by atoms with Crippen LogP contribution in [0.15, 0.2) is 67.3 Å². The molecule has 44 heavy (non-hydrogen) atoms. The number of fused-ring (bicyclic) bond motifs is 1. The molecule has 12 nitrogen and oxygen atoms in total. The number of nitrogens with zero attached hydrogens (tertiary/aromatic N) is 8. The number of carbonyl (C=O) groups excluding carboxylic acids is 2. The Balaban J connectivity index is 1.43. The van der Waals surface area contributed by atoms with Gasteiger partial charge >= 0.3 is 12.2 Å². The summed E-state index contributed by atoms with van der Waals surface area (Å²) in [5.74, 6) is -0.491. The predicted molar refractivity (Wildman–Crippen MR) is 160 cm³/mol. The first-order valence-corrected chi connectivity index (χ1v) is 13.9. The highest BCUT2D eigenvalue weighted by Gasteiger charge is 2.35. The van der Waals surface area contributed by atoms with E-state index in [1.54, 1.807) is 89.1 Å². The van der Waals surface area contributed by atoms with Gasteiger partial charge in [0.1, 0.15) is 17.0 Å². The van der Waals surface area contributed by atoms with Crippen LogP contribution >= 0.6 is 0 Å². The van der Waals surface area contributed by atoms with Crippen molar-refractivity contribution in [3.05, 3.63) is 78.6 Å². The standard InChI is InChI=1S/C31H33FN8O4/c1-19(20-8-10-24(32)11-9-20)39-18-23(17-34-39)22-14-25(36-33-16-22)21-12-13-38-26(15-21)35-27(37-38)40(28(41)43-30(2,3)4)29(42)44-31(5,6)7/h8-19H,1-7H3. The lowest BCUT2D eigenvalue weighted by Crippen LogP contribution is -2.44. The molecule has 0 saturated carbocycles. The van der Waals surface area contributed by atoms with Gasteiger partial charge in [-0.3, -0.25) is 4.68 Å². The Morgan fingerprint density at radius 2 is 1.55 bits per heavy atom. The van der Waals surface area contributed by atoms with Crippen LogP contribution in [0.4, 0.5) is 19.9 Å². The Bertz CT molecular complexity index is 1790. The molecule has 0 aliphatic rings. The smallest absolute Gasteiger partial charge is 0.427 e. The van der Waals surface area contributed by atoms with E-state index in [0.29, 0.717) is 21.8 Å². The van der Waals surface area contributed by atoms with Gasteiger partial charge in [-0.05, 0) is 84.4 Å². The molecule has 0 aliphatic carbocycles. The molecule has 5 rings (SSSR count). The number of carbonyl (C=O) groups is 2. The Hall–Kier alpha value is -5.20. The van der Waals surface area contributed by atoms with Crippen molar-refractivity contribution in [1.29, 1.82) is 0 Å². The molecule has 4 aromatic heterocycles. The van der Waals surface area contributed by atoms with E-state index < -0.39 is 23.4 Å². The maximum absolute atomic E-state index is 13.4. The van der Waals surface area contributed by atoms with Gasteiger partial charge in [-0.2, -0.15) is 20.3 Å².